The van der Waals surface area contributed by atoms with E-state index in [0.29, 0.717) is 17.0 Å². The van der Waals surface area contributed by atoms with Crippen LogP contribution < -0.4 is 20.3 Å². The number of hydrogen-bond acceptors (Lipinski definition) is 4. The molecule has 1 heterocycles. The normalized spacial score (nSPS) is 25.3. The van der Waals surface area contributed by atoms with Gasteiger partial charge in [-0.05, 0) is 37.5 Å². The van der Waals surface area contributed by atoms with E-state index in [4.69, 9.17) is 16.3 Å². The number of benzene rings is 1. The molecule has 1 saturated heterocycles. The van der Waals surface area contributed by atoms with Gasteiger partial charge in [0.2, 0.25) is 0 Å². The van der Waals surface area contributed by atoms with E-state index in [9.17, 15) is 5.11 Å². The lowest BCUT2D eigenvalue weighted by Gasteiger charge is -2.23. The molecule has 3 rings (SSSR count). The monoisotopic (exact) mass is 508 g/mol. The van der Waals surface area contributed by atoms with Gasteiger partial charge in [0.1, 0.15) is 5.75 Å². The average molecular weight is 509 g/mol. The lowest BCUT2D eigenvalue weighted by atomic mass is 10.1. The third-order valence-corrected chi connectivity index (χ3v) is 5.62. The van der Waals surface area contributed by atoms with E-state index in [1.165, 1.54) is 0 Å². The molecule has 0 amide bonds. The zero-order valence-electron chi connectivity index (χ0n) is 15.9. The van der Waals surface area contributed by atoms with E-state index in [2.05, 4.69) is 20.5 Å². The summed E-state index contributed by atoms with van der Waals surface area (Å²) in [6, 6.07) is 6.01. The molecule has 152 valence electrons. The van der Waals surface area contributed by atoms with E-state index in [1.807, 2.05) is 18.2 Å². The molecule has 6 nitrogen and oxygen atoms in total. The van der Waals surface area contributed by atoms with Gasteiger partial charge in [-0.2, -0.15) is 0 Å². The Bertz CT molecular complexity index is 646. The number of hydrogen-bond donors (Lipinski definition) is 3. The van der Waals surface area contributed by atoms with Crippen molar-refractivity contribution in [2.45, 2.75) is 37.8 Å². The largest absolute Gasteiger partial charge is 0.495 e. The van der Waals surface area contributed by atoms with Crippen LogP contribution in [0.2, 0.25) is 5.02 Å². The summed E-state index contributed by atoms with van der Waals surface area (Å²) in [5.74, 6) is 1.96. The van der Waals surface area contributed by atoms with Crippen LogP contribution in [0, 0.1) is 5.92 Å². The summed E-state index contributed by atoms with van der Waals surface area (Å²) in [6.45, 7) is 2.57. The number of methoxy groups -OCH3 is 1. The molecular weight excluding hydrogens is 479 g/mol. The van der Waals surface area contributed by atoms with Crippen LogP contribution in [0.4, 0.5) is 5.69 Å². The third kappa shape index (κ3) is 5.77. The van der Waals surface area contributed by atoms with Crippen molar-refractivity contribution in [3.63, 3.8) is 0 Å². The van der Waals surface area contributed by atoms with Gasteiger partial charge in [0.25, 0.3) is 0 Å². The highest BCUT2D eigenvalue weighted by Gasteiger charge is 2.27. The fraction of sp³-hybridized carbons (Fsp3) is 0.632. The fourth-order valence-corrected chi connectivity index (χ4v) is 4.04. The minimum atomic E-state index is -0.183. The Balaban J connectivity index is 0.00000261. The summed E-state index contributed by atoms with van der Waals surface area (Å²) in [6.07, 6.45) is 3.94. The quantitative estimate of drug-likeness (QED) is 0.324. The van der Waals surface area contributed by atoms with Crippen molar-refractivity contribution in [3.05, 3.63) is 23.2 Å². The van der Waals surface area contributed by atoms with Gasteiger partial charge in [0, 0.05) is 43.7 Å². The van der Waals surface area contributed by atoms with Gasteiger partial charge >= 0.3 is 0 Å². The fourth-order valence-electron chi connectivity index (χ4n) is 3.88. The van der Waals surface area contributed by atoms with E-state index in [1.54, 1.807) is 14.2 Å². The van der Waals surface area contributed by atoms with Crippen molar-refractivity contribution in [2.24, 2.45) is 10.9 Å². The summed E-state index contributed by atoms with van der Waals surface area (Å²) in [4.78, 5) is 6.62. The van der Waals surface area contributed by atoms with Crippen LogP contribution in [0.25, 0.3) is 0 Å². The maximum Gasteiger partial charge on any atom is 0.191 e. The average Bonchev–Trinajstić information content (AvgIpc) is 3.27. The molecule has 2 aliphatic rings. The molecule has 27 heavy (non-hydrogen) atoms. The number of anilines is 1. The van der Waals surface area contributed by atoms with E-state index < -0.39 is 0 Å². The summed E-state index contributed by atoms with van der Waals surface area (Å²) in [7, 11) is 3.47. The molecule has 8 heteroatoms. The first kappa shape index (κ1) is 22.4. The van der Waals surface area contributed by atoms with Gasteiger partial charge in [0.05, 0.1) is 18.9 Å². The predicted octanol–water partition coefficient (Wildman–Crippen LogP) is 2.87. The van der Waals surface area contributed by atoms with Crippen LogP contribution in [0.15, 0.2) is 23.2 Å². The minimum absolute atomic E-state index is 0. The molecule has 3 atom stereocenters. The lowest BCUT2D eigenvalue weighted by molar-refractivity contribution is 0.134. The second-order valence-corrected chi connectivity index (χ2v) is 7.54. The number of ether oxygens (including phenoxy) is 1. The van der Waals surface area contributed by atoms with Gasteiger partial charge in [-0.25, -0.2) is 0 Å². The van der Waals surface area contributed by atoms with E-state index in [-0.39, 0.29) is 30.1 Å². The molecule has 0 spiro atoms. The number of rotatable bonds is 5. The van der Waals surface area contributed by atoms with Gasteiger partial charge < -0.3 is 25.4 Å². The standard InChI is InChI=1S/C19H29ClN4O2.HI/c1-21-19(22-11-13-4-3-5-17(13)25)23-15-8-9-24(12-15)16-10-14(20)6-7-18(16)26-2;/h6-7,10,13,15,17,25H,3-5,8-9,11-12H2,1-2H3,(H2,21,22,23);1H. The Kier molecular flexibility index (Phi) is 8.75. The molecule has 3 N–H and O–H groups in total. The van der Waals surface area contributed by atoms with Crippen LogP contribution in [-0.4, -0.2) is 57.0 Å². The van der Waals surface area contributed by atoms with Gasteiger partial charge in [-0.15, -0.1) is 24.0 Å². The Hall–Kier alpha value is -0.930. The van der Waals surface area contributed by atoms with Crippen molar-refractivity contribution >= 4 is 47.2 Å². The Morgan fingerprint density at radius 3 is 2.85 bits per heavy atom. The van der Waals surface area contributed by atoms with E-state index in [0.717, 1.165) is 62.7 Å². The number of nitrogens with one attached hydrogen (secondary N) is 2. The number of aliphatic hydroxyl groups is 1. The molecule has 0 aromatic heterocycles. The molecule has 3 unspecified atom stereocenters. The van der Waals surface area contributed by atoms with Crippen LogP contribution in [0.5, 0.6) is 5.75 Å². The second kappa shape index (κ2) is 10.6. The maximum absolute atomic E-state index is 9.96. The lowest BCUT2D eigenvalue weighted by Crippen LogP contribution is -2.46. The SMILES string of the molecule is CN=C(NCC1CCCC1O)NC1CCN(c2cc(Cl)ccc2OC)C1.I. The van der Waals surface area contributed by atoms with Crippen LogP contribution in [0.3, 0.4) is 0 Å². The minimum Gasteiger partial charge on any atom is -0.495 e. The van der Waals surface area contributed by atoms with E-state index >= 15 is 0 Å². The van der Waals surface area contributed by atoms with Gasteiger partial charge in [-0.1, -0.05) is 18.0 Å². The number of aliphatic imine (C=N–C) groups is 1. The van der Waals surface area contributed by atoms with Crippen LogP contribution in [0.1, 0.15) is 25.7 Å². The maximum atomic E-state index is 9.96. The molecular formula is C19H30ClIN4O2. The zero-order valence-corrected chi connectivity index (χ0v) is 19.0. The van der Waals surface area contributed by atoms with Crippen molar-refractivity contribution in [1.82, 2.24) is 10.6 Å². The molecule has 1 aromatic rings. The Labute approximate surface area is 183 Å². The molecule has 0 bridgehead atoms. The molecule has 1 saturated carbocycles. The van der Waals surface area contributed by atoms with Crippen molar-refractivity contribution in [1.29, 1.82) is 0 Å². The first-order valence-corrected chi connectivity index (χ1v) is 9.72. The highest BCUT2D eigenvalue weighted by Crippen LogP contribution is 2.33. The number of halogens is 2. The molecule has 0 radical (unpaired) electrons. The highest BCUT2D eigenvalue weighted by atomic mass is 127. The number of aliphatic hydroxyl groups excluding tert-OH is 1. The molecule has 2 fully saturated rings. The van der Waals surface area contributed by atoms with Crippen LogP contribution >= 0.6 is 35.6 Å². The van der Waals surface area contributed by atoms with Gasteiger partial charge in [0.15, 0.2) is 5.96 Å². The summed E-state index contributed by atoms with van der Waals surface area (Å²) >= 11 is 6.16. The molecule has 1 aliphatic heterocycles. The molecule has 1 aromatic carbocycles. The smallest absolute Gasteiger partial charge is 0.191 e. The van der Waals surface area contributed by atoms with Gasteiger partial charge in [-0.3, -0.25) is 4.99 Å². The highest BCUT2D eigenvalue weighted by molar-refractivity contribution is 14.0. The summed E-state index contributed by atoms with van der Waals surface area (Å²) < 4.78 is 5.48. The second-order valence-electron chi connectivity index (χ2n) is 7.10. The summed E-state index contributed by atoms with van der Waals surface area (Å²) in [5, 5.41) is 17.5. The third-order valence-electron chi connectivity index (χ3n) is 5.38. The Morgan fingerprint density at radius 2 is 2.19 bits per heavy atom. The first-order valence-electron chi connectivity index (χ1n) is 9.34. The predicted molar refractivity (Wildman–Crippen MR) is 122 cm³/mol. The molecule has 1 aliphatic carbocycles. The van der Waals surface area contributed by atoms with Crippen molar-refractivity contribution in [3.8, 4) is 5.75 Å². The first-order chi connectivity index (χ1) is 12.6. The van der Waals surface area contributed by atoms with Crippen LogP contribution in [-0.2, 0) is 0 Å². The Morgan fingerprint density at radius 1 is 1.37 bits per heavy atom. The van der Waals surface area contributed by atoms with Crippen molar-refractivity contribution < 1.29 is 9.84 Å². The number of nitrogens with zero attached hydrogens (tertiary/aromatic N) is 2. The zero-order chi connectivity index (χ0) is 18.5. The summed E-state index contributed by atoms with van der Waals surface area (Å²) in [5.41, 5.74) is 1.03. The van der Waals surface area contributed by atoms with Crippen molar-refractivity contribution in [2.75, 3.05) is 38.7 Å². The topological polar surface area (TPSA) is 69.1 Å². The number of guanidine groups is 1.